The molecule has 226 valence electrons. The first-order valence-corrected chi connectivity index (χ1v) is 14.7. The van der Waals surface area contributed by atoms with Gasteiger partial charge in [0, 0.05) is 18.7 Å². The summed E-state index contributed by atoms with van der Waals surface area (Å²) in [5, 5.41) is 2.33. The maximum absolute atomic E-state index is 14.6. The van der Waals surface area contributed by atoms with E-state index in [1.165, 1.54) is 49.4 Å². The van der Waals surface area contributed by atoms with Crippen LogP contribution in [0.25, 0.3) is 0 Å². The molecule has 0 fully saturated rings. The van der Waals surface area contributed by atoms with Crippen LogP contribution in [0.1, 0.15) is 31.9 Å². The highest BCUT2D eigenvalue weighted by Gasteiger charge is 2.36. The molecule has 0 unspecified atom stereocenters. The van der Waals surface area contributed by atoms with Crippen molar-refractivity contribution in [3.8, 4) is 0 Å². The Morgan fingerprint density at radius 2 is 1.57 bits per heavy atom. The number of amides is 2. The van der Waals surface area contributed by atoms with Gasteiger partial charge < -0.3 is 10.2 Å². The Morgan fingerprint density at radius 1 is 0.952 bits per heavy atom. The molecular formula is C29H30ClF4N3O4S. The molecule has 0 saturated carbocycles. The van der Waals surface area contributed by atoms with Crippen molar-refractivity contribution >= 4 is 39.1 Å². The van der Waals surface area contributed by atoms with Crippen LogP contribution >= 0.6 is 11.6 Å². The molecule has 3 rings (SSSR count). The molecular weight excluding hydrogens is 598 g/mol. The highest BCUT2D eigenvalue weighted by molar-refractivity contribution is 7.92. The number of alkyl halides is 3. The highest BCUT2D eigenvalue weighted by Crippen LogP contribution is 2.37. The Morgan fingerprint density at radius 3 is 2.17 bits per heavy atom. The zero-order chi connectivity index (χ0) is 31.2. The van der Waals surface area contributed by atoms with Gasteiger partial charge in [-0.05, 0) is 49.2 Å². The van der Waals surface area contributed by atoms with E-state index in [4.69, 9.17) is 11.6 Å². The lowest BCUT2D eigenvalue weighted by atomic mass is 10.1. The third-order valence-electron chi connectivity index (χ3n) is 6.30. The summed E-state index contributed by atoms with van der Waals surface area (Å²) in [5.74, 6) is -2.15. The van der Waals surface area contributed by atoms with Crippen LogP contribution in [-0.2, 0) is 32.3 Å². The first kappa shape index (κ1) is 32.9. The zero-order valence-corrected chi connectivity index (χ0v) is 24.6. The van der Waals surface area contributed by atoms with Gasteiger partial charge in [-0.2, -0.15) is 13.2 Å². The van der Waals surface area contributed by atoms with Crippen LogP contribution in [0.2, 0.25) is 5.02 Å². The largest absolute Gasteiger partial charge is 0.416 e. The number of rotatable bonds is 11. The van der Waals surface area contributed by atoms with Crippen molar-refractivity contribution in [1.82, 2.24) is 10.2 Å². The summed E-state index contributed by atoms with van der Waals surface area (Å²) >= 11 is 6.22. The average Bonchev–Trinajstić information content (AvgIpc) is 2.94. The summed E-state index contributed by atoms with van der Waals surface area (Å²) in [6.07, 6.45) is -4.84. The van der Waals surface area contributed by atoms with Crippen molar-refractivity contribution < 1.29 is 35.6 Å². The van der Waals surface area contributed by atoms with Gasteiger partial charge in [0.05, 0.1) is 21.2 Å². The van der Waals surface area contributed by atoms with E-state index >= 15 is 0 Å². The summed E-state index contributed by atoms with van der Waals surface area (Å²) in [7, 11) is -4.66. The van der Waals surface area contributed by atoms with E-state index in [2.05, 4.69) is 5.32 Å². The number of halogens is 5. The fourth-order valence-corrected chi connectivity index (χ4v) is 5.67. The van der Waals surface area contributed by atoms with E-state index in [0.717, 1.165) is 17.0 Å². The number of carbonyl (C=O) groups excluding carboxylic acids is 2. The smallest absolute Gasteiger partial charge is 0.354 e. The minimum atomic E-state index is -4.84. The summed E-state index contributed by atoms with van der Waals surface area (Å²) in [4.78, 5) is 27.5. The molecule has 1 N–H and O–H groups in total. The Balaban J connectivity index is 2.12. The number of nitrogens with zero attached hydrogens (tertiary/aromatic N) is 2. The third kappa shape index (κ3) is 8.01. The molecule has 0 heterocycles. The van der Waals surface area contributed by atoms with Crippen LogP contribution in [0.5, 0.6) is 0 Å². The number of anilines is 1. The van der Waals surface area contributed by atoms with Gasteiger partial charge in [0.2, 0.25) is 11.8 Å². The van der Waals surface area contributed by atoms with E-state index in [-0.39, 0.29) is 27.9 Å². The van der Waals surface area contributed by atoms with Crippen molar-refractivity contribution in [2.75, 3.05) is 17.4 Å². The van der Waals surface area contributed by atoms with Crippen molar-refractivity contribution in [1.29, 1.82) is 0 Å². The predicted molar refractivity (Wildman–Crippen MR) is 152 cm³/mol. The Bertz CT molecular complexity index is 1520. The van der Waals surface area contributed by atoms with E-state index < -0.39 is 64.2 Å². The Kier molecular flexibility index (Phi) is 10.6. The molecule has 0 bridgehead atoms. The molecule has 3 aromatic carbocycles. The molecule has 2 amide bonds. The Hall–Kier alpha value is -3.64. The molecule has 13 heteroatoms. The number of hydrogen-bond donors (Lipinski definition) is 1. The quantitative estimate of drug-likeness (QED) is 0.269. The highest BCUT2D eigenvalue weighted by atomic mass is 35.5. The van der Waals surface area contributed by atoms with Crippen LogP contribution in [-0.4, -0.2) is 44.3 Å². The van der Waals surface area contributed by atoms with E-state index in [1.807, 2.05) is 13.8 Å². The fraction of sp³-hybridized carbons (Fsp3) is 0.310. The fourth-order valence-electron chi connectivity index (χ4n) is 3.96. The molecule has 7 nitrogen and oxygen atoms in total. The van der Waals surface area contributed by atoms with Gasteiger partial charge in [0.15, 0.2) is 0 Å². The summed E-state index contributed by atoms with van der Waals surface area (Å²) in [5.41, 5.74) is -1.73. The van der Waals surface area contributed by atoms with Crippen molar-refractivity contribution in [2.45, 2.75) is 44.4 Å². The number of benzene rings is 3. The monoisotopic (exact) mass is 627 g/mol. The van der Waals surface area contributed by atoms with Crippen molar-refractivity contribution in [2.24, 2.45) is 5.92 Å². The second kappa shape index (κ2) is 13.6. The van der Waals surface area contributed by atoms with Gasteiger partial charge in [-0.25, -0.2) is 12.8 Å². The summed E-state index contributed by atoms with van der Waals surface area (Å²) in [6.45, 7) is 3.93. The van der Waals surface area contributed by atoms with E-state index in [1.54, 1.807) is 6.07 Å². The second-order valence-corrected chi connectivity index (χ2v) is 12.2. The SMILES string of the molecule is CC(C)CNC(=O)[C@H](C)N(Cc1ccccc1F)C(=O)CN(c1cc(C(F)(F)F)ccc1Cl)S(=O)(=O)c1ccccc1. The molecule has 1 atom stereocenters. The lowest BCUT2D eigenvalue weighted by molar-refractivity contribution is -0.139. The van der Waals surface area contributed by atoms with Crippen LogP contribution in [0.15, 0.2) is 77.7 Å². The standard InChI is InChI=1S/C29H30ClF4N3O4S/c1-19(2)16-35-28(39)20(3)36(17-21-9-7-8-12-25(21)31)27(38)18-37(42(40,41)23-10-5-4-6-11-23)26-15-22(29(32,33)34)13-14-24(26)30/h4-15,19-20H,16-18H2,1-3H3,(H,35,39)/t20-/m0/s1. The minimum absolute atomic E-state index is 0.0453. The van der Waals surface area contributed by atoms with Gasteiger partial charge in [-0.1, -0.05) is 61.8 Å². The van der Waals surface area contributed by atoms with Gasteiger partial charge in [0.1, 0.15) is 18.4 Å². The summed E-state index contributed by atoms with van der Waals surface area (Å²) < 4.78 is 83.5. The molecule has 0 aliphatic rings. The molecule has 42 heavy (non-hydrogen) atoms. The van der Waals surface area contributed by atoms with Crippen molar-refractivity contribution in [3.63, 3.8) is 0 Å². The van der Waals surface area contributed by atoms with Gasteiger partial charge in [-0.3, -0.25) is 13.9 Å². The van der Waals surface area contributed by atoms with Crippen molar-refractivity contribution in [3.05, 3.63) is 94.8 Å². The number of hydrogen-bond acceptors (Lipinski definition) is 4. The molecule has 0 radical (unpaired) electrons. The van der Waals surface area contributed by atoms with Crippen LogP contribution in [0, 0.1) is 11.7 Å². The molecule has 0 aliphatic heterocycles. The molecule has 3 aromatic rings. The topological polar surface area (TPSA) is 86.8 Å². The maximum atomic E-state index is 14.6. The van der Waals surface area contributed by atoms with Crippen LogP contribution < -0.4 is 9.62 Å². The predicted octanol–water partition coefficient (Wildman–Crippen LogP) is 5.88. The number of carbonyl (C=O) groups is 2. The Labute approximate surface area is 247 Å². The van der Waals surface area contributed by atoms with E-state index in [0.29, 0.717) is 16.4 Å². The van der Waals surface area contributed by atoms with Crippen LogP contribution in [0.4, 0.5) is 23.2 Å². The minimum Gasteiger partial charge on any atom is -0.354 e. The van der Waals surface area contributed by atoms with Gasteiger partial charge in [-0.15, -0.1) is 0 Å². The number of nitrogens with one attached hydrogen (secondary N) is 1. The average molecular weight is 628 g/mol. The summed E-state index contributed by atoms with van der Waals surface area (Å²) in [6, 6.07) is 13.2. The molecule has 0 spiro atoms. The van der Waals surface area contributed by atoms with Crippen LogP contribution in [0.3, 0.4) is 0 Å². The van der Waals surface area contributed by atoms with Gasteiger partial charge in [0.25, 0.3) is 10.0 Å². The molecule has 0 aliphatic carbocycles. The third-order valence-corrected chi connectivity index (χ3v) is 8.40. The molecule has 0 aromatic heterocycles. The second-order valence-electron chi connectivity index (χ2n) is 9.92. The lowest BCUT2D eigenvalue weighted by Crippen LogP contribution is -2.51. The first-order valence-electron chi connectivity index (χ1n) is 12.9. The maximum Gasteiger partial charge on any atom is 0.416 e. The molecule has 0 saturated heterocycles. The normalized spacial score (nSPS) is 12.6. The zero-order valence-electron chi connectivity index (χ0n) is 23.0. The first-order chi connectivity index (χ1) is 19.6. The lowest BCUT2D eigenvalue weighted by Gasteiger charge is -2.32. The van der Waals surface area contributed by atoms with Gasteiger partial charge >= 0.3 is 6.18 Å². The number of sulfonamides is 1. The van der Waals surface area contributed by atoms with E-state index in [9.17, 15) is 35.6 Å².